The molecule has 10 heteroatoms. The molecule has 2 aromatic carbocycles. The Morgan fingerprint density at radius 1 is 0.690 bits per heavy atom. The first-order valence-electron chi connectivity index (χ1n) is 8.29. The maximum absolute atomic E-state index is 13.0. The van der Waals surface area contributed by atoms with E-state index in [-0.39, 0.29) is 54.5 Å². The fourth-order valence-corrected chi connectivity index (χ4v) is 4.33. The summed E-state index contributed by atoms with van der Waals surface area (Å²) in [5, 5.41) is 0.624. The zero-order valence-corrected chi connectivity index (χ0v) is 19.7. The van der Waals surface area contributed by atoms with Gasteiger partial charge in [0.1, 0.15) is 0 Å². The predicted molar refractivity (Wildman–Crippen MR) is 117 cm³/mol. The Hall–Kier alpha value is -0.880. The molecular formula is C19H14Cl6O4. The molecular weight excluding hydrogens is 505 g/mol. The smallest absolute Gasteiger partial charge is 0.328 e. The molecule has 0 atom stereocenters. The van der Waals surface area contributed by atoms with Crippen molar-refractivity contribution >= 4 is 81.5 Å². The average Bonchev–Trinajstić information content (AvgIpc) is 2.62. The summed E-state index contributed by atoms with van der Waals surface area (Å²) in [6.07, 6.45) is 0.152. The molecule has 2 rings (SSSR count). The summed E-state index contributed by atoms with van der Waals surface area (Å²) < 4.78 is 10.7. The largest absolute Gasteiger partial charge is 0.422 e. The number of esters is 2. The summed E-state index contributed by atoms with van der Waals surface area (Å²) in [5.74, 6) is -1.99. The van der Waals surface area contributed by atoms with Crippen molar-refractivity contribution in [3.63, 3.8) is 0 Å². The van der Waals surface area contributed by atoms with E-state index in [2.05, 4.69) is 0 Å². The Kier molecular flexibility index (Phi) is 8.37. The van der Waals surface area contributed by atoms with E-state index >= 15 is 0 Å². The van der Waals surface area contributed by atoms with Crippen molar-refractivity contribution in [2.45, 2.75) is 26.7 Å². The maximum atomic E-state index is 13.0. The highest BCUT2D eigenvalue weighted by molar-refractivity contribution is 6.41. The number of rotatable bonds is 6. The van der Waals surface area contributed by atoms with Crippen LogP contribution >= 0.6 is 69.6 Å². The molecule has 0 N–H and O–H groups in total. The summed E-state index contributed by atoms with van der Waals surface area (Å²) in [5.41, 5.74) is -1.65. The zero-order chi connectivity index (χ0) is 21.9. The Morgan fingerprint density at radius 3 is 1.21 bits per heavy atom. The molecule has 0 aromatic heterocycles. The molecule has 0 radical (unpaired) electrons. The second kappa shape index (κ2) is 9.95. The van der Waals surface area contributed by atoms with Crippen LogP contribution in [0.2, 0.25) is 30.1 Å². The minimum atomic E-state index is -1.65. The van der Waals surface area contributed by atoms with Gasteiger partial charge < -0.3 is 9.47 Å². The molecule has 0 bridgehead atoms. The van der Waals surface area contributed by atoms with Crippen molar-refractivity contribution < 1.29 is 19.1 Å². The number of hydrogen-bond donors (Lipinski definition) is 0. The normalized spacial score (nSPS) is 11.3. The van der Waals surface area contributed by atoms with E-state index in [0.29, 0.717) is 0 Å². The molecule has 0 spiro atoms. The van der Waals surface area contributed by atoms with E-state index < -0.39 is 17.4 Å². The fourth-order valence-electron chi connectivity index (χ4n) is 2.54. The van der Waals surface area contributed by atoms with Crippen LogP contribution in [0.25, 0.3) is 0 Å². The summed E-state index contributed by atoms with van der Waals surface area (Å²) in [6, 6.07) is 5.46. The molecule has 0 unspecified atom stereocenters. The van der Waals surface area contributed by atoms with E-state index in [0.717, 1.165) is 0 Å². The minimum absolute atomic E-state index is 0.0223. The van der Waals surface area contributed by atoms with E-state index in [1.807, 2.05) is 0 Å². The van der Waals surface area contributed by atoms with Crippen LogP contribution < -0.4 is 9.47 Å². The Balaban J connectivity index is 2.38. The Labute approximate surface area is 197 Å². The SMILES string of the molecule is CCC(CC)(C(=O)Oc1c(Cl)cc(Cl)cc1Cl)C(=O)Oc1c(Cl)cc(Cl)cc1Cl. The lowest BCUT2D eigenvalue weighted by Crippen LogP contribution is -2.44. The molecule has 0 fully saturated rings. The van der Waals surface area contributed by atoms with E-state index in [1.165, 1.54) is 24.3 Å². The molecule has 0 amide bonds. The van der Waals surface area contributed by atoms with Crippen molar-refractivity contribution in [2.75, 3.05) is 0 Å². The van der Waals surface area contributed by atoms with Crippen LogP contribution in [0, 0.1) is 5.41 Å². The van der Waals surface area contributed by atoms with Gasteiger partial charge in [-0.2, -0.15) is 0 Å². The van der Waals surface area contributed by atoms with Crippen LogP contribution in [-0.4, -0.2) is 11.9 Å². The summed E-state index contributed by atoms with van der Waals surface area (Å²) >= 11 is 36.0. The lowest BCUT2D eigenvalue weighted by Gasteiger charge is -2.27. The van der Waals surface area contributed by atoms with Gasteiger partial charge in [0.2, 0.25) is 0 Å². The number of hydrogen-bond acceptors (Lipinski definition) is 4. The molecule has 156 valence electrons. The molecule has 0 saturated carbocycles. The number of carbonyl (C=O) groups excluding carboxylic acids is 2. The Bertz CT molecular complexity index is 836. The summed E-state index contributed by atoms with van der Waals surface area (Å²) in [7, 11) is 0. The molecule has 2 aromatic rings. The molecule has 0 heterocycles. The van der Waals surface area contributed by atoms with Crippen LogP contribution in [0.4, 0.5) is 0 Å². The van der Waals surface area contributed by atoms with Gasteiger partial charge in [-0.3, -0.25) is 9.59 Å². The van der Waals surface area contributed by atoms with Crippen molar-refractivity contribution in [3.8, 4) is 11.5 Å². The van der Waals surface area contributed by atoms with E-state index in [4.69, 9.17) is 79.1 Å². The van der Waals surface area contributed by atoms with Crippen LogP contribution in [0.15, 0.2) is 24.3 Å². The van der Waals surface area contributed by atoms with Gasteiger partial charge in [0.15, 0.2) is 16.9 Å². The van der Waals surface area contributed by atoms with E-state index in [9.17, 15) is 9.59 Å². The highest BCUT2D eigenvalue weighted by Crippen LogP contribution is 2.41. The van der Waals surface area contributed by atoms with Crippen LogP contribution in [0.3, 0.4) is 0 Å². The van der Waals surface area contributed by atoms with Gasteiger partial charge in [0.25, 0.3) is 0 Å². The van der Waals surface area contributed by atoms with Gasteiger partial charge in [-0.1, -0.05) is 83.5 Å². The number of benzene rings is 2. The highest BCUT2D eigenvalue weighted by Gasteiger charge is 2.47. The van der Waals surface area contributed by atoms with Crippen LogP contribution in [0.1, 0.15) is 26.7 Å². The fraction of sp³-hybridized carbons (Fsp3) is 0.263. The molecule has 0 aliphatic carbocycles. The van der Waals surface area contributed by atoms with Crippen molar-refractivity contribution in [2.24, 2.45) is 5.41 Å². The molecule has 0 aliphatic rings. The lowest BCUT2D eigenvalue weighted by atomic mass is 9.82. The van der Waals surface area contributed by atoms with Gasteiger partial charge >= 0.3 is 11.9 Å². The Morgan fingerprint density at radius 2 is 0.966 bits per heavy atom. The number of carbonyl (C=O) groups is 2. The van der Waals surface area contributed by atoms with Crippen LogP contribution in [0.5, 0.6) is 11.5 Å². The topological polar surface area (TPSA) is 52.6 Å². The third kappa shape index (κ3) is 5.25. The second-order valence-electron chi connectivity index (χ2n) is 5.97. The molecule has 29 heavy (non-hydrogen) atoms. The first kappa shape index (κ1) is 24.4. The molecule has 0 saturated heterocycles. The van der Waals surface area contributed by atoms with Crippen molar-refractivity contribution in [3.05, 3.63) is 54.4 Å². The van der Waals surface area contributed by atoms with Gasteiger partial charge in [-0.15, -0.1) is 0 Å². The van der Waals surface area contributed by atoms with Crippen LogP contribution in [-0.2, 0) is 9.59 Å². The first-order valence-corrected chi connectivity index (χ1v) is 10.6. The quantitative estimate of drug-likeness (QED) is 0.221. The standard InChI is InChI=1S/C19H14Cl6O4/c1-3-19(4-2,17(26)28-15-11(22)5-9(20)6-12(15)23)18(27)29-16-13(24)7-10(21)8-14(16)25/h5-8H,3-4H2,1-2H3. The average molecular weight is 519 g/mol. The lowest BCUT2D eigenvalue weighted by molar-refractivity contribution is -0.161. The monoisotopic (exact) mass is 516 g/mol. The van der Waals surface area contributed by atoms with Crippen molar-refractivity contribution in [1.29, 1.82) is 0 Å². The summed E-state index contributed by atoms with van der Waals surface area (Å²) in [6.45, 7) is 3.28. The van der Waals surface area contributed by atoms with Gasteiger partial charge in [-0.25, -0.2) is 0 Å². The third-order valence-corrected chi connectivity index (χ3v) is 5.86. The molecule has 0 aliphatic heterocycles. The van der Waals surface area contributed by atoms with E-state index in [1.54, 1.807) is 13.8 Å². The maximum Gasteiger partial charge on any atom is 0.328 e. The summed E-state index contributed by atoms with van der Waals surface area (Å²) in [4.78, 5) is 26.0. The predicted octanol–water partition coefficient (Wildman–Crippen LogP) is 7.92. The third-order valence-electron chi connectivity index (χ3n) is 4.30. The first-order chi connectivity index (χ1) is 13.5. The van der Waals surface area contributed by atoms with Crippen molar-refractivity contribution in [1.82, 2.24) is 0 Å². The highest BCUT2D eigenvalue weighted by atomic mass is 35.5. The zero-order valence-electron chi connectivity index (χ0n) is 15.1. The molecule has 4 nitrogen and oxygen atoms in total. The number of ether oxygens (including phenoxy) is 2. The second-order valence-corrected chi connectivity index (χ2v) is 8.47. The van der Waals surface area contributed by atoms with Gasteiger partial charge in [0.05, 0.1) is 20.1 Å². The minimum Gasteiger partial charge on any atom is -0.422 e. The number of halogens is 6. The van der Waals surface area contributed by atoms with Gasteiger partial charge in [-0.05, 0) is 37.1 Å². The van der Waals surface area contributed by atoms with Gasteiger partial charge in [0, 0.05) is 10.0 Å².